The van der Waals surface area contributed by atoms with E-state index >= 15 is 0 Å². The number of carboxylic acid groups (broad SMARTS) is 1. The summed E-state index contributed by atoms with van der Waals surface area (Å²) in [6.07, 6.45) is 0.112. The van der Waals surface area contributed by atoms with Gasteiger partial charge in [-0.3, -0.25) is 19.3 Å². The van der Waals surface area contributed by atoms with Gasteiger partial charge in [0.25, 0.3) is 0 Å². The summed E-state index contributed by atoms with van der Waals surface area (Å²) in [6.45, 7) is 2.75. The third-order valence-electron chi connectivity index (χ3n) is 2.99. The highest BCUT2D eigenvalue weighted by molar-refractivity contribution is 5.85. The van der Waals surface area contributed by atoms with Gasteiger partial charge in [0.05, 0.1) is 19.5 Å². The zero-order valence-corrected chi connectivity index (χ0v) is 10.8. The highest BCUT2D eigenvalue weighted by Gasteiger charge is 2.21. The molecule has 2 amide bonds. The molecule has 0 radical (unpaired) electrons. The van der Waals surface area contributed by atoms with Crippen molar-refractivity contribution in [2.24, 2.45) is 5.73 Å². The Balaban J connectivity index is 2.23. The van der Waals surface area contributed by atoms with Gasteiger partial charge in [-0.2, -0.15) is 0 Å². The van der Waals surface area contributed by atoms with Crippen molar-refractivity contribution in [3.8, 4) is 0 Å². The van der Waals surface area contributed by atoms with Crippen molar-refractivity contribution in [3.63, 3.8) is 0 Å². The van der Waals surface area contributed by atoms with Crippen LogP contribution >= 0.6 is 0 Å². The second-order valence-electron chi connectivity index (χ2n) is 4.35. The molecule has 1 rings (SSSR count). The molecule has 0 aromatic carbocycles. The normalized spacial score (nSPS) is 16.2. The topological polar surface area (TPSA) is 116 Å². The molecule has 0 atom stereocenters. The monoisotopic (exact) mass is 272 g/mol. The lowest BCUT2D eigenvalue weighted by Gasteiger charge is -2.34. The standard InChI is InChI=1S/C11H20N4O4/c12-7-9(16)13-8-10(17)15-5-3-14(4-6-15)2-1-11(18)19/h1-8,12H2,(H,13,16)(H,18,19). The Labute approximate surface area is 111 Å². The lowest BCUT2D eigenvalue weighted by atomic mass is 10.3. The van der Waals surface area contributed by atoms with Crippen molar-refractivity contribution >= 4 is 17.8 Å². The van der Waals surface area contributed by atoms with Crippen LogP contribution in [0.4, 0.5) is 0 Å². The molecular formula is C11H20N4O4. The van der Waals surface area contributed by atoms with E-state index < -0.39 is 5.97 Å². The van der Waals surface area contributed by atoms with Crippen molar-refractivity contribution in [1.29, 1.82) is 0 Å². The molecule has 0 aromatic heterocycles. The minimum absolute atomic E-state index is 0.0365. The molecule has 8 nitrogen and oxygen atoms in total. The summed E-state index contributed by atoms with van der Waals surface area (Å²) in [4.78, 5) is 36.8. The van der Waals surface area contributed by atoms with E-state index in [1.807, 2.05) is 4.90 Å². The molecule has 0 unspecified atom stereocenters. The van der Waals surface area contributed by atoms with E-state index in [2.05, 4.69) is 5.32 Å². The number of hydrogen-bond acceptors (Lipinski definition) is 5. The third-order valence-corrected chi connectivity index (χ3v) is 2.99. The SMILES string of the molecule is NCC(=O)NCC(=O)N1CCN(CCC(=O)O)CC1. The van der Waals surface area contributed by atoms with E-state index in [4.69, 9.17) is 10.8 Å². The van der Waals surface area contributed by atoms with Crippen LogP contribution < -0.4 is 11.1 Å². The summed E-state index contributed by atoms with van der Waals surface area (Å²) >= 11 is 0. The van der Waals surface area contributed by atoms with Crippen LogP contribution in [0.1, 0.15) is 6.42 Å². The van der Waals surface area contributed by atoms with Gasteiger partial charge in [0.1, 0.15) is 0 Å². The van der Waals surface area contributed by atoms with E-state index in [1.165, 1.54) is 0 Å². The largest absolute Gasteiger partial charge is 0.481 e. The van der Waals surface area contributed by atoms with Crippen molar-refractivity contribution in [3.05, 3.63) is 0 Å². The molecule has 1 saturated heterocycles. The maximum atomic E-state index is 11.7. The minimum Gasteiger partial charge on any atom is -0.481 e. The zero-order valence-electron chi connectivity index (χ0n) is 10.8. The molecule has 4 N–H and O–H groups in total. The number of nitrogens with one attached hydrogen (secondary N) is 1. The third kappa shape index (κ3) is 5.66. The zero-order chi connectivity index (χ0) is 14.3. The van der Waals surface area contributed by atoms with Gasteiger partial charge < -0.3 is 21.1 Å². The number of piperazine rings is 1. The van der Waals surface area contributed by atoms with Crippen molar-refractivity contribution in [2.45, 2.75) is 6.42 Å². The first kappa shape index (κ1) is 15.4. The molecule has 0 aromatic rings. The summed E-state index contributed by atoms with van der Waals surface area (Å²) in [5, 5.41) is 11.0. The van der Waals surface area contributed by atoms with Gasteiger partial charge in [0.15, 0.2) is 0 Å². The minimum atomic E-state index is -0.817. The maximum absolute atomic E-state index is 11.7. The van der Waals surface area contributed by atoms with E-state index in [0.29, 0.717) is 32.7 Å². The van der Waals surface area contributed by atoms with Crippen molar-refractivity contribution in [1.82, 2.24) is 15.1 Å². The predicted molar refractivity (Wildman–Crippen MR) is 67.3 cm³/mol. The van der Waals surface area contributed by atoms with Crippen LogP contribution in [0.5, 0.6) is 0 Å². The van der Waals surface area contributed by atoms with E-state index in [-0.39, 0.29) is 31.3 Å². The molecule has 8 heteroatoms. The summed E-state index contributed by atoms with van der Waals surface area (Å²) in [5.74, 6) is -1.31. The van der Waals surface area contributed by atoms with Gasteiger partial charge in [-0.15, -0.1) is 0 Å². The first-order chi connectivity index (χ1) is 9.02. The molecule has 108 valence electrons. The van der Waals surface area contributed by atoms with Gasteiger partial charge in [0, 0.05) is 32.7 Å². The van der Waals surface area contributed by atoms with Gasteiger partial charge in [0.2, 0.25) is 11.8 Å². The Hall–Kier alpha value is -1.67. The molecule has 1 aliphatic heterocycles. The number of carbonyl (C=O) groups is 3. The maximum Gasteiger partial charge on any atom is 0.304 e. The van der Waals surface area contributed by atoms with Gasteiger partial charge in [-0.25, -0.2) is 0 Å². The number of amides is 2. The van der Waals surface area contributed by atoms with Crippen LogP contribution in [-0.2, 0) is 14.4 Å². The molecule has 19 heavy (non-hydrogen) atoms. The van der Waals surface area contributed by atoms with E-state index in [9.17, 15) is 14.4 Å². The second-order valence-corrected chi connectivity index (χ2v) is 4.35. The van der Waals surface area contributed by atoms with Gasteiger partial charge in [-0.05, 0) is 0 Å². The summed E-state index contributed by atoms with van der Waals surface area (Å²) in [7, 11) is 0. The summed E-state index contributed by atoms with van der Waals surface area (Å²) in [5.41, 5.74) is 5.12. The molecule has 1 fully saturated rings. The van der Waals surface area contributed by atoms with Crippen LogP contribution in [0.3, 0.4) is 0 Å². The average molecular weight is 272 g/mol. The van der Waals surface area contributed by atoms with Crippen LogP contribution in [0.2, 0.25) is 0 Å². The fourth-order valence-electron chi connectivity index (χ4n) is 1.83. The van der Waals surface area contributed by atoms with Crippen molar-refractivity contribution in [2.75, 3.05) is 45.8 Å². The lowest BCUT2D eigenvalue weighted by molar-refractivity contribution is -0.138. The molecule has 1 aliphatic rings. The molecule has 1 heterocycles. The number of rotatable bonds is 6. The predicted octanol–water partition coefficient (Wildman–Crippen LogP) is -2.32. The van der Waals surface area contributed by atoms with E-state index in [0.717, 1.165) is 0 Å². The first-order valence-electron chi connectivity index (χ1n) is 6.21. The quantitative estimate of drug-likeness (QED) is 0.500. The van der Waals surface area contributed by atoms with Gasteiger partial charge in [-0.1, -0.05) is 0 Å². The molecule has 0 saturated carbocycles. The number of aliphatic carboxylic acids is 1. The van der Waals surface area contributed by atoms with Crippen LogP contribution in [0.25, 0.3) is 0 Å². The Kier molecular flexibility index (Phi) is 6.23. The molecule has 0 spiro atoms. The highest BCUT2D eigenvalue weighted by atomic mass is 16.4. The van der Waals surface area contributed by atoms with Crippen molar-refractivity contribution < 1.29 is 19.5 Å². The lowest BCUT2D eigenvalue weighted by Crippen LogP contribution is -2.51. The van der Waals surface area contributed by atoms with Crippen LogP contribution in [0, 0.1) is 0 Å². The van der Waals surface area contributed by atoms with E-state index in [1.54, 1.807) is 4.90 Å². The Morgan fingerprint density at radius 3 is 2.32 bits per heavy atom. The average Bonchev–Trinajstić information content (AvgIpc) is 2.42. The first-order valence-corrected chi connectivity index (χ1v) is 6.21. The Morgan fingerprint density at radius 2 is 1.79 bits per heavy atom. The summed E-state index contributed by atoms with van der Waals surface area (Å²) in [6, 6.07) is 0. The number of hydrogen-bond donors (Lipinski definition) is 3. The highest BCUT2D eigenvalue weighted by Crippen LogP contribution is 2.02. The van der Waals surface area contributed by atoms with Crippen LogP contribution in [0.15, 0.2) is 0 Å². The second kappa shape index (κ2) is 7.70. The fraction of sp³-hybridized carbons (Fsp3) is 0.727. The molecule has 0 aliphatic carbocycles. The number of carbonyl (C=O) groups excluding carboxylic acids is 2. The molecular weight excluding hydrogens is 252 g/mol. The molecule has 0 bridgehead atoms. The fourth-order valence-corrected chi connectivity index (χ4v) is 1.83. The Morgan fingerprint density at radius 1 is 1.16 bits per heavy atom. The number of nitrogens with zero attached hydrogens (tertiary/aromatic N) is 2. The smallest absolute Gasteiger partial charge is 0.304 e. The van der Waals surface area contributed by atoms with Crippen LogP contribution in [-0.4, -0.2) is 78.5 Å². The Bertz CT molecular complexity index is 340. The summed E-state index contributed by atoms with van der Waals surface area (Å²) < 4.78 is 0. The van der Waals surface area contributed by atoms with Gasteiger partial charge >= 0.3 is 5.97 Å². The number of nitrogens with two attached hydrogens (primary N) is 1. The number of carboxylic acids is 1.